The minimum Gasteiger partial charge on any atom is -0.465 e. The van der Waals surface area contributed by atoms with Gasteiger partial charge in [0.05, 0.1) is 17.3 Å². The van der Waals surface area contributed by atoms with Crippen molar-refractivity contribution in [3.63, 3.8) is 0 Å². The van der Waals surface area contributed by atoms with Crippen LogP contribution in [0.4, 0.5) is 0 Å². The Kier molecular flexibility index (Phi) is 7.21. The van der Waals surface area contributed by atoms with Crippen LogP contribution in [0.25, 0.3) is 0 Å². The largest absolute Gasteiger partial charge is 0.465 e. The van der Waals surface area contributed by atoms with Crippen molar-refractivity contribution in [1.29, 1.82) is 0 Å². The quantitative estimate of drug-likeness (QED) is 0.485. The predicted octanol–water partition coefficient (Wildman–Crippen LogP) is 5.00. The second-order valence-corrected chi connectivity index (χ2v) is 7.71. The van der Waals surface area contributed by atoms with Gasteiger partial charge in [0, 0.05) is 18.5 Å². The molecule has 5 heteroatoms. The zero-order chi connectivity index (χ0) is 19.9. The molecule has 1 atom stereocenters. The van der Waals surface area contributed by atoms with Crippen molar-refractivity contribution in [2.24, 2.45) is 11.8 Å². The monoisotopic (exact) mass is 399 g/mol. The van der Waals surface area contributed by atoms with E-state index in [1.54, 1.807) is 25.3 Å². The molecule has 1 fully saturated rings. The number of esters is 1. The number of halogens is 1. The van der Waals surface area contributed by atoms with Crippen LogP contribution in [0.5, 0.6) is 0 Å². The van der Waals surface area contributed by atoms with E-state index >= 15 is 0 Å². The van der Waals surface area contributed by atoms with Gasteiger partial charge < -0.3 is 4.74 Å². The summed E-state index contributed by atoms with van der Waals surface area (Å²) in [5.74, 6) is -0.981. The van der Waals surface area contributed by atoms with Gasteiger partial charge in [-0.25, -0.2) is 0 Å². The van der Waals surface area contributed by atoms with Crippen LogP contribution in [-0.2, 0) is 20.7 Å². The van der Waals surface area contributed by atoms with E-state index in [1.165, 1.54) is 5.56 Å². The van der Waals surface area contributed by atoms with Gasteiger partial charge in [0.2, 0.25) is 0 Å². The van der Waals surface area contributed by atoms with Gasteiger partial charge in [-0.2, -0.15) is 0 Å². The van der Waals surface area contributed by atoms with E-state index < -0.39 is 11.9 Å². The minimum atomic E-state index is -0.842. The number of aromatic nitrogens is 1. The molecule has 1 aromatic carbocycles. The van der Waals surface area contributed by atoms with E-state index in [-0.39, 0.29) is 24.7 Å². The Hall–Kier alpha value is -2.20. The molecule has 1 unspecified atom stereocenters. The molecular weight excluding hydrogens is 374 g/mol. The fourth-order valence-electron chi connectivity index (χ4n) is 4.03. The third kappa shape index (κ3) is 4.99. The number of pyridine rings is 1. The number of ether oxygens (including phenoxy) is 1. The van der Waals surface area contributed by atoms with E-state index in [4.69, 9.17) is 16.3 Å². The summed E-state index contributed by atoms with van der Waals surface area (Å²) in [7, 11) is 0. The number of hydrogen-bond acceptors (Lipinski definition) is 4. The highest BCUT2D eigenvalue weighted by atomic mass is 35.5. The lowest BCUT2D eigenvalue weighted by atomic mass is 9.74. The summed E-state index contributed by atoms with van der Waals surface area (Å²) in [6.45, 7) is 2.00. The lowest BCUT2D eigenvalue weighted by Crippen LogP contribution is -2.35. The van der Waals surface area contributed by atoms with Gasteiger partial charge in [0.1, 0.15) is 5.92 Å². The van der Waals surface area contributed by atoms with Gasteiger partial charge in [0.15, 0.2) is 5.78 Å². The van der Waals surface area contributed by atoms with Crippen molar-refractivity contribution in [2.75, 3.05) is 6.61 Å². The van der Waals surface area contributed by atoms with Crippen molar-refractivity contribution in [3.05, 3.63) is 64.9 Å². The van der Waals surface area contributed by atoms with Crippen LogP contribution in [0.15, 0.2) is 48.7 Å². The topological polar surface area (TPSA) is 56.3 Å². The van der Waals surface area contributed by atoms with Gasteiger partial charge >= 0.3 is 5.97 Å². The molecule has 2 aromatic rings. The van der Waals surface area contributed by atoms with Crippen molar-refractivity contribution in [3.8, 4) is 0 Å². The Morgan fingerprint density at radius 2 is 1.82 bits per heavy atom. The molecule has 1 aliphatic carbocycles. The van der Waals surface area contributed by atoms with Gasteiger partial charge in [-0.05, 0) is 56.2 Å². The Morgan fingerprint density at radius 3 is 2.46 bits per heavy atom. The van der Waals surface area contributed by atoms with E-state index in [2.05, 4.69) is 29.2 Å². The smallest absolute Gasteiger partial charge is 0.316 e. The molecule has 1 heterocycles. The molecule has 1 aromatic heterocycles. The maximum absolute atomic E-state index is 13.2. The molecule has 0 amide bonds. The van der Waals surface area contributed by atoms with Crippen LogP contribution in [0.3, 0.4) is 0 Å². The van der Waals surface area contributed by atoms with E-state index in [1.807, 2.05) is 6.07 Å². The molecule has 0 saturated heterocycles. The molecule has 1 aliphatic rings. The number of hydrogen-bond donors (Lipinski definition) is 0. The van der Waals surface area contributed by atoms with Crippen LogP contribution in [-0.4, -0.2) is 23.3 Å². The summed E-state index contributed by atoms with van der Waals surface area (Å²) in [6, 6.07) is 13.9. The highest BCUT2D eigenvalue weighted by molar-refractivity contribution is 6.31. The third-order valence-corrected chi connectivity index (χ3v) is 5.89. The molecular formula is C23H26ClNO3. The SMILES string of the molecule is CCOC(=O)C(Cc1ncccc1Cl)C(=O)C1CCC(c2ccccc2)CC1. The van der Waals surface area contributed by atoms with Gasteiger partial charge in [-0.3, -0.25) is 14.6 Å². The lowest BCUT2D eigenvalue weighted by Gasteiger charge is -2.29. The number of rotatable bonds is 7. The zero-order valence-electron chi connectivity index (χ0n) is 16.1. The highest BCUT2D eigenvalue weighted by Crippen LogP contribution is 2.37. The summed E-state index contributed by atoms with van der Waals surface area (Å²) >= 11 is 6.20. The summed E-state index contributed by atoms with van der Waals surface area (Å²) in [5.41, 5.74) is 1.89. The Labute approximate surface area is 171 Å². The predicted molar refractivity (Wildman–Crippen MR) is 109 cm³/mol. The molecule has 28 heavy (non-hydrogen) atoms. The van der Waals surface area contributed by atoms with E-state index in [0.29, 0.717) is 16.6 Å². The molecule has 4 nitrogen and oxygen atoms in total. The Bertz CT molecular complexity index is 801. The normalized spacial score (nSPS) is 20.4. The molecule has 0 aliphatic heterocycles. The first-order valence-corrected chi connectivity index (χ1v) is 10.3. The number of nitrogens with zero attached hydrogens (tertiary/aromatic N) is 1. The number of carbonyl (C=O) groups excluding carboxylic acids is 2. The Balaban J connectivity index is 1.69. The zero-order valence-corrected chi connectivity index (χ0v) is 16.9. The van der Waals surface area contributed by atoms with Crippen LogP contribution < -0.4 is 0 Å². The molecule has 148 valence electrons. The third-order valence-electron chi connectivity index (χ3n) is 5.55. The van der Waals surface area contributed by atoms with Crippen molar-refractivity contribution >= 4 is 23.4 Å². The molecule has 0 bridgehead atoms. The number of Topliss-reactive ketones (excluding diaryl/α,β-unsaturated/α-hetero) is 1. The maximum atomic E-state index is 13.2. The first-order valence-electron chi connectivity index (χ1n) is 9.94. The van der Waals surface area contributed by atoms with Crippen LogP contribution >= 0.6 is 11.6 Å². The van der Waals surface area contributed by atoms with Crippen LogP contribution in [0.2, 0.25) is 5.02 Å². The van der Waals surface area contributed by atoms with Gasteiger partial charge in [-0.15, -0.1) is 0 Å². The second-order valence-electron chi connectivity index (χ2n) is 7.30. The van der Waals surface area contributed by atoms with E-state index in [0.717, 1.165) is 25.7 Å². The summed E-state index contributed by atoms with van der Waals surface area (Å²) in [4.78, 5) is 30.0. The molecule has 0 radical (unpaired) electrons. The fraction of sp³-hybridized carbons (Fsp3) is 0.435. The fourth-order valence-corrected chi connectivity index (χ4v) is 4.22. The highest BCUT2D eigenvalue weighted by Gasteiger charge is 2.36. The number of carbonyl (C=O) groups is 2. The molecule has 0 spiro atoms. The first kappa shape index (κ1) is 20.5. The molecule has 0 N–H and O–H groups in total. The second kappa shape index (κ2) is 9.83. The summed E-state index contributed by atoms with van der Waals surface area (Å²) in [6.07, 6.45) is 5.32. The van der Waals surface area contributed by atoms with Crippen molar-refractivity contribution < 1.29 is 14.3 Å². The number of benzene rings is 1. The summed E-state index contributed by atoms with van der Waals surface area (Å²) in [5, 5.41) is 0.470. The lowest BCUT2D eigenvalue weighted by molar-refractivity contribution is -0.152. The van der Waals surface area contributed by atoms with Gasteiger partial charge in [0.25, 0.3) is 0 Å². The summed E-state index contributed by atoms with van der Waals surface area (Å²) < 4.78 is 5.19. The maximum Gasteiger partial charge on any atom is 0.316 e. The molecule has 3 rings (SSSR count). The van der Waals surface area contributed by atoms with Crippen LogP contribution in [0.1, 0.15) is 49.8 Å². The van der Waals surface area contributed by atoms with Crippen molar-refractivity contribution in [1.82, 2.24) is 4.98 Å². The van der Waals surface area contributed by atoms with Crippen molar-refractivity contribution in [2.45, 2.75) is 44.9 Å². The average Bonchev–Trinajstić information content (AvgIpc) is 2.73. The minimum absolute atomic E-state index is 0.0355. The molecule has 1 saturated carbocycles. The van der Waals surface area contributed by atoms with E-state index in [9.17, 15) is 9.59 Å². The van der Waals surface area contributed by atoms with Crippen LogP contribution in [0, 0.1) is 11.8 Å². The first-order chi connectivity index (χ1) is 13.6. The standard InChI is InChI=1S/C23H26ClNO3/c1-2-28-23(27)19(15-21-20(24)9-6-14-25-21)22(26)18-12-10-17(11-13-18)16-7-4-3-5-8-16/h3-9,14,17-19H,2,10-13,15H2,1H3. The Morgan fingerprint density at radius 1 is 1.11 bits per heavy atom. The van der Waals surface area contributed by atoms with Gasteiger partial charge in [-0.1, -0.05) is 41.9 Å². The number of ketones is 1. The average molecular weight is 400 g/mol.